The van der Waals surface area contributed by atoms with E-state index in [1.54, 1.807) is 0 Å². The third kappa shape index (κ3) is 3.03. The first-order chi connectivity index (χ1) is 4.99. The molecule has 0 rings (SSSR count). The van der Waals surface area contributed by atoms with Crippen LogP contribution in [0, 0.1) is 5.92 Å². The minimum absolute atomic E-state index is 0.00771. The van der Waals surface area contributed by atoms with Crippen molar-refractivity contribution in [3.8, 4) is 0 Å². The summed E-state index contributed by atoms with van der Waals surface area (Å²) in [5.41, 5.74) is 0. The van der Waals surface area contributed by atoms with Crippen LogP contribution >= 0.6 is 0 Å². The number of aliphatic hydroxyl groups excluding tert-OH is 1. The maximum absolute atomic E-state index is 8.77. The molecule has 0 bridgehead atoms. The minimum atomic E-state index is -1.89. The molecule has 0 saturated carbocycles. The van der Waals surface area contributed by atoms with Crippen LogP contribution in [0.2, 0.25) is 0 Å². The third-order valence-electron chi connectivity index (χ3n) is 1.24. The Kier molecular flexibility index (Phi) is 2.48. The van der Waals surface area contributed by atoms with Crippen LogP contribution < -0.4 is 0 Å². The molecule has 1 atom stereocenters. The number of aliphatic hydroxyl groups is 1. The fourth-order valence-electron chi connectivity index (χ4n) is 0.666. The van der Waals surface area contributed by atoms with Gasteiger partial charge in [-0.1, -0.05) is 26.6 Å². The molecule has 1 heteroatoms. The summed E-state index contributed by atoms with van der Waals surface area (Å²) in [4.78, 5) is 0. The predicted octanol–water partition coefficient (Wildman–Crippen LogP) is 1.80. The molecular formula is C7H16O. The first kappa shape index (κ1) is 3.89. The van der Waals surface area contributed by atoms with Crippen LogP contribution in [-0.2, 0) is 0 Å². The number of hydrogen-bond acceptors (Lipinski definition) is 1. The topological polar surface area (TPSA) is 20.2 Å². The molecule has 1 nitrogen and oxygen atoms in total. The van der Waals surface area contributed by atoms with E-state index in [0.29, 0.717) is 0 Å². The molecular weight excluding hydrogens is 100 g/mol. The van der Waals surface area contributed by atoms with Gasteiger partial charge in [0.25, 0.3) is 0 Å². The van der Waals surface area contributed by atoms with Crippen molar-refractivity contribution in [3.05, 3.63) is 0 Å². The Bertz CT molecular complexity index is 100. The predicted molar refractivity (Wildman–Crippen MR) is 35.8 cm³/mol. The van der Waals surface area contributed by atoms with E-state index in [9.17, 15) is 0 Å². The monoisotopic (exact) mass is 119 g/mol. The molecule has 0 aliphatic heterocycles. The van der Waals surface area contributed by atoms with Gasteiger partial charge in [0.1, 0.15) is 0 Å². The van der Waals surface area contributed by atoms with E-state index in [0.717, 1.165) is 12.8 Å². The Hall–Kier alpha value is -0.0400. The summed E-state index contributed by atoms with van der Waals surface area (Å²) in [5.74, 6) is -0.0486. The second-order valence-corrected chi connectivity index (χ2v) is 2.04. The normalized spacial score (nSPS) is 21.0. The van der Waals surface area contributed by atoms with Crippen molar-refractivity contribution in [1.82, 2.24) is 0 Å². The molecule has 0 unspecified atom stereocenters. The zero-order valence-electron chi connectivity index (χ0n) is 8.35. The second-order valence-electron chi connectivity index (χ2n) is 2.04. The van der Waals surface area contributed by atoms with E-state index in [1.807, 2.05) is 6.92 Å². The quantitative estimate of drug-likeness (QED) is 0.598. The van der Waals surface area contributed by atoms with Crippen LogP contribution in [0.5, 0.6) is 0 Å². The summed E-state index contributed by atoms with van der Waals surface area (Å²) in [6.07, 6.45) is 1.87. The van der Waals surface area contributed by atoms with Crippen molar-refractivity contribution in [2.45, 2.75) is 33.0 Å². The van der Waals surface area contributed by atoms with Crippen LogP contribution in [0.25, 0.3) is 0 Å². The van der Waals surface area contributed by atoms with E-state index in [-0.39, 0.29) is 18.9 Å². The van der Waals surface area contributed by atoms with Crippen molar-refractivity contribution in [1.29, 1.82) is 0 Å². The summed E-state index contributed by atoms with van der Waals surface area (Å²) < 4.78 is 20.9. The highest BCUT2D eigenvalue weighted by Gasteiger charge is 2.00. The summed E-state index contributed by atoms with van der Waals surface area (Å²) in [5, 5.41) is 8.77. The molecule has 0 aromatic rings. The van der Waals surface area contributed by atoms with Gasteiger partial charge in [-0.25, -0.2) is 0 Å². The highest BCUT2D eigenvalue weighted by atomic mass is 16.3. The van der Waals surface area contributed by atoms with Gasteiger partial charge in [-0.15, -0.1) is 0 Å². The summed E-state index contributed by atoms with van der Waals surface area (Å²) in [6.45, 7) is 0.0942. The van der Waals surface area contributed by atoms with Crippen LogP contribution in [0.15, 0.2) is 0 Å². The zero-order chi connectivity index (χ0) is 8.91. The molecule has 0 aliphatic rings. The first-order valence-corrected chi connectivity index (χ1v) is 3.10. The molecule has 0 aliphatic carbocycles. The van der Waals surface area contributed by atoms with Crippen LogP contribution in [0.3, 0.4) is 0 Å². The highest BCUT2D eigenvalue weighted by molar-refractivity contribution is 4.51. The Morgan fingerprint density at radius 3 is 2.88 bits per heavy atom. The molecule has 0 heterocycles. The van der Waals surface area contributed by atoms with Gasteiger partial charge >= 0.3 is 0 Å². The molecule has 0 radical (unpaired) electrons. The lowest BCUT2D eigenvalue weighted by Gasteiger charge is -2.07. The van der Waals surface area contributed by atoms with E-state index in [1.165, 1.54) is 0 Å². The molecule has 50 valence electrons. The first-order valence-electron chi connectivity index (χ1n) is 4.60. The second kappa shape index (κ2) is 5.10. The summed E-state index contributed by atoms with van der Waals surface area (Å²) in [6, 6.07) is 0. The van der Waals surface area contributed by atoms with Crippen LogP contribution in [0.1, 0.15) is 37.2 Å². The number of hydrogen-bond donors (Lipinski definition) is 1. The van der Waals surface area contributed by atoms with Crippen LogP contribution in [0.4, 0.5) is 0 Å². The van der Waals surface area contributed by atoms with Crippen LogP contribution in [-0.4, -0.2) is 11.7 Å². The van der Waals surface area contributed by atoms with Gasteiger partial charge in [0, 0.05) is 10.7 Å². The Labute approximate surface area is 55.9 Å². The standard InChI is InChI=1S/C7H16O/c1-3-5-7(4-2)6-8/h7-8H,3-6H2,1-2H3/t7-/m0/s1/i2D3. The Balaban J connectivity index is 3.68. The average molecular weight is 119 g/mol. The van der Waals surface area contributed by atoms with E-state index >= 15 is 0 Å². The Morgan fingerprint density at radius 1 is 1.75 bits per heavy atom. The fourth-order valence-corrected chi connectivity index (χ4v) is 0.666. The third-order valence-corrected chi connectivity index (χ3v) is 1.24. The minimum Gasteiger partial charge on any atom is -0.396 e. The van der Waals surface area contributed by atoms with Gasteiger partial charge in [-0.3, -0.25) is 0 Å². The lowest BCUT2D eigenvalue weighted by atomic mass is 10.0. The molecule has 8 heavy (non-hydrogen) atoms. The largest absolute Gasteiger partial charge is 0.396 e. The van der Waals surface area contributed by atoms with Crippen molar-refractivity contribution in [2.24, 2.45) is 5.92 Å². The van der Waals surface area contributed by atoms with E-state index < -0.39 is 6.85 Å². The van der Waals surface area contributed by atoms with Crippen molar-refractivity contribution >= 4 is 0 Å². The summed E-state index contributed by atoms with van der Waals surface area (Å²) in [7, 11) is 0. The van der Waals surface area contributed by atoms with E-state index in [4.69, 9.17) is 9.22 Å². The molecule has 0 aromatic carbocycles. The molecule has 0 aromatic heterocycles. The highest BCUT2D eigenvalue weighted by Crippen LogP contribution is 2.08. The summed E-state index contributed by atoms with van der Waals surface area (Å²) >= 11 is 0. The average Bonchev–Trinajstić information content (AvgIpc) is 1.84. The zero-order valence-corrected chi connectivity index (χ0v) is 5.35. The molecule has 0 amide bonds. The molecule has 0 fully saturated rings. The van der Waals surface area contributed by atoms with Gasteiger partial charge in [-0.05, 0) is 12.3 Å². The lowest BCUT2D eigenvalue weighted by molar-refractivity contribution is 0.214. The lowest BCUT2D eigenvalue weighted by Crippen LogP contribution is -2.02. The van der Waals surface area contributed by atoms with E-state index in [2.05, 4.69) is 0 Å². The molecule has 0 saturated heterocycles. The number of rotatable bonds is 4. The van der Waals surface area contributed by atoms with Crippen molar-refractivity contribution < 1.29 is 9.22 Å². The fraction of sp³-hybridized carbons (Fsp3) is 1.00. The maximum Gasteiger partial charge on any atom is 0.0459 e. The maximum atomic E-state index is 8.77. The van der Waals surface area contributed by atoms with Gasteiger partial charge in [0.05, 0.1) is 0 Å². The molecule has 0 spiro atoms. The van der Waals surface area contributed by atoms with Gasteiger partial charge < -0.3 is 5.11 Å². The van der Waals surface area contributed by atoms with Gasteiger partial charge in [-0.2, -0.15) is 0 Å². The Morgan fingerprint density at radius 2 is 2.50 bits per heavy atom. The van der Waals surface area contributed by atoms with Gasteiger partial charge in [0.2, 0.25) is 0 Å². The van der Waals surface area contributed by atoms with Crippen molar-refractivity contribution in [2.75, 3.05) is 6.61 Å². The SMILES string of the molecule is [2H]C([2H])([2H])C[C@H](CO)CCC. The smallest absolute Gasteiger partial charge is 0.0459 e. The van der Waals surface area contributed by atoms with Crippen molar-refractivity contribution in [3.63, 3.8) is 0 Å². The molecule has 1 N–H and O–H groups in total. The van der Waals surface area contributed by atoms with Gasteiger partial charge in [0.15, 0.2) is 0 Å².